The minimum absolute atomic E-state index is 0.121. The molecule has 2 aromatic rings. The Morgan fingerprint density at radius 3 is 2.79 bits per heavy atom. The van der Waals surface area contributed by atoms with Gasteiger partial charge in [0.1, 0.15) is 11.4 Å². The van der Waals surface area contributed by atoms with Crippen molar-refractivity contribution in [3.8, 4) is 5.75 Å². The number of amides is 1. The average Bonchev–Trinajstić information content (AvgIpc) is 2.83. The molecular formula is C13H14N4O2. The fourth-order valence-corrected chi connectivity index (χ4v) is 1.57. The summed E-state index contributed by atoms with van der Waals surface area (Å²) in [6.07, 6.45) is 0. The summed E-state index contributed by atoms with van der Waals surface area (Å²) in [6, 6.07) is 8.42. The molecule has 19 heavy (non-hydrogen) atoms. The predicted molar refractivity (Wildman–Crippen MR) is 71.1 cm³/mol. The highest BCUT2D eigenvalue weighted by atomic mass is 16.3. The zero-order valence-corrected chi connectivity index (χ0v) is 10.6. The maximum absolute atomic E-state index is 11.7. The van der Waals surface area contributed by atoms with Gasteiger partial charge in [-0.15, -0.1) is 0 Å². The van der Waals surface area contributed by atoms with Crippen molar-refractivity contribution in [1.29, 1.82) is 0 Å². The lowest BCUT2D eigenvalue weighted by Crippen LogP contribution is -2.19. The third-order valence-corrected chi connectivity index (χ3v) is 2.57. The normalized spacial score (nSPS) is 11.4. The molecule has 0 spiro atoms. The summed E-state index contributed by atoms with van der Waals surface area (Å²) in [7, 11) is 0. The zero-order valence-electron chi connectivity index (χ0n) is 10.6. The van der Waals surface area contributed by atoms with E-state index in [4.69, 9.17) is 0 Å². The number of phenols is 1. The van der Waals surface area contributed by atoms with Crippen molar-refractivity contribution in [2.45, 2.75) is 13.8 Å². The highest BCUT2D eigenvalue weighted by molar-refractivity contribution is 6.02. The molecule has 0 aliphatic carbocycles. The Hall–Kier alpha value is -2.63. The number of hydrazone groups is 1. The number of aryl methyl sites for hydroxylation is 1. The van der Waals surface area contributed by atoms with E-state index in [9.17, 15) is 9.90 Å². The van der Waals surface area contributed by atoms with Gasteiger partial charge in [-0.25, -0.2) is 5.43 Å². The van der Waals surface area contributed by atoms with E-state index < -0.39 is 0 Å². The minimum atomic E-state index is -0.379. The van der Waals surface area contributed by atoms with Crippen LogP contribution in [0.25, 0.3) is 0 Å². The van der Waals surface area contributed by atoms with Crippen LogP contribution in [0.1, 0.15) is 28.7 Å². The van der Waals surface area contributed by atoms with Gasteiger partial charge in [0.15, 0.2) is 0 Å². The largest absolute Gasteiger partial charge is 0.507 e. The Bertz CT molecular complexity index is 631. The summed E-state index contributed by atoms with van der Waals surface area (Å²) >= 11 is 0. The number of carbonyl (C=O) groups excluding carboxylic acids is 1. The number of hydrogen-bond donors (Lipinski definition) is 3. The first kappa shape index (κ1) is 12.8. The lowest BCUT2D eigenvalue weighted by atomic mass is 10.1. The van der Waals surface area contributed by atoms with Crippen LogP contribution in [-0.2, 0) is 0 Å². The number of hydrogen-bond acceptors (Lipinski definition) is 4. The Balaban J connectivity index is 2.11. The van der Waals surface area contributed by atoms with E-state index in [0.717, 1.165) is 5.69 Å². The van der Waals surface area contributed by atoms with Crippen LogP contribution >= 0.6 is 0 Å². The summed E-state index contributed by atoms with van der Waals surface area (Å²) in [5.41, 5.74) is 4.56. The quantitative estimate of drug-likeness (QED) is 0.576. The number of phenolic OH excluding ortho intramolecular Hbond substituents is 1. The number of nitrogens with one attached hydrogen (secondary N) is 2. The number of nitrogens with zero attached hydrogens (tertiary/aromatic N) is 2. The molecule has 0 aliphatic heterocycles. The lowest BCUT2D eigenvalue weighted by Gasteiger charge is -2.03. The number of aromatic hydroxyl groups is 1. The van der Waals surface area contributed by atoms with Crippen LogP contribution in [0, 0.1) is 6.92 Å². The fraction of sp³-hybridized carbons (Fsp3) is 0.154. The minimum Gasteiger partial charge on any atom is -0.507 e. The van der Waals surface area contributed by atoms with Crippen LogP contribution in [0.3, 0.4) is 0 Å². The van der Waals surface area contributed by atoms with Crippen LogP contribution in [0.2, 0.25) is 0 Å². The number of carbonyl (C=O) groups is 1. The molecule has 1 aromatic heterocycles. The van der Waals surface area contributed by atoms with E-state index in [2.05, 4.69) is 20.7 Å². The molecule has 1 aromatic carbocycles. The number of aromatic amines is 1. The summed E-state index contributed by atoms with van der Waals surface area (Å²) in [5.74, 6) is -0.259. The van der Waals surface area contributed by atoms with Gasteiger partial charge < -0.3 is 5.11 Å². The van der Waals surface area contributed by atoms with E-state index in [1.54, 1.807) is 44.2 Å². The van der Waals surface area contributed by atoms with Crippen LogP contribution < -0.4 is 5.43 Å². The second-order valence-corrected chi connectivity index (χ2v) is 4.08. The fourth-order valence-electron chi connectivity index (χ4n) is 1.57. The van der Waals surface area contributed by atoms with Crippen LogP contribution in [0.4, 0.5) is 0 Å². The van der Waals surface area contributed by atoms with Crippen molar-refractivity contribution >= 4 is 11.6 Å². The predicted octanol–water partition coefficient (Wildman–Crippen LogP) is 1.58. The molecule has 6 heteroatoms. The van der Waals surface area contributed by atoms with Gasteiger partial charge in [-0.3, -0.25) is 9.89 Å². The van der Waals surface area contributed by atoms with Crippen LogP contribution in [0.5, 0.6) is 5.75 Å². The van der Waals surface area contributed by atoms with E-state index in [-0.39, 0.29) is 11.7 Å². The summed E-state index contributed by atoms with van der Waals surface area (Å²) < 4.78 is 0. The van der Waals surface area contributed by atoms with E-state index in [0.29, 0.717) is 17.0 Å². The number of H-pyrrole nitrogens is 1. The Morgan fingerprint density at radius 1 is 1.42 bits per heavy atom. The molecule has 1 amide bonds. The summed E-state index contributed by atoms with van der Waals surface area (Å²) in [5, 5.41) is 20.1. The summed E-state index contributed by atoms with van der Waals surface area (Å²) in [6.45, 7) is 3.48. The molecule has 0 radical (unpaired) electrons. The molecule has 0 unspecified atom stereocenters. The molecular weight excluding hydrogens is 244 g/mol. The summed E-state index contributed by atoms with van der Waals surface area (Å²) in [4.78, 5) is 11.7. The molecule has 0 atom stereocenters. The maximum Gasteiger partial charge on any atom is 0.289 e. The highest BCUT2D eigenvalue weighted by Gasteiger charge is 2.08. The average molecular weight is 258 g/mol. The zero-order chi connectivity index (χ0) is 13.8. The van der Waals surface area contributed by atoms with Gasteiger partial charge in [0.05, 0.1) is 11.4 Å². The highest BCUT2D eigenvalue weighted by Crippen LogP contribution is 2.16. The van der Waals surface area contributed by atoms with Crippen molar-refractivity contribution in [3.05, 3.63) is 47.3 Å². The van der Waals surface area contributed by atoms with E-state index >= 15 is 0 Å². The molecule has 0 saturated carbocycles. The van der Waals surface area contributed by atoms with Gasteiger partial charge >= 0.3 is 0 Å². The molecule has 2 rings (SSSR count). The number of rotatable bonds is 3. The maximum atomic E-state index is 11.7. The van der Waals surface area contributed by atoms with Gasteiger partial charge in [0.25, 0.3) is 5.91 Å². The molecule has 0 aliphatic rings. The lowest BCUT2D eigenvalue weighted by molar-refractivity contribution is 0.0950. The number of benzene rings is 1. The van der Waals surface area contributed by atoms with Gasteiger partial charge in [-0.2, -0.15) is 10.2 Å². The number of para-hydroxylation sites is 1. The van der Waals surface area contributed by atoms with Gasteiger partial charge in [-0.1, -0.05) is 12.1 Å². The van der Waals surface area contributed by atoms with Gasteiger partial charge in [-0.05, 0) is 32.0 Å². The molecule has 0 bridgehead atoms. The SMILES string of the molecule is CC(=NNC(=O)c1cc(C)n[nH]1)c1ccccc1O. The third-order valence-electron chi connectivity index (χ3n) is 2.57. The molecule has 98 valence electrons. The third kappa shape index (κ3) is 2.98. The Labute approximate surface area is 110 Å². The first-order chi connectivity index (χ1) is 9.08. The number of aromatic nitrogens is 2. The van der Waals surface area contributed by atoms with E-state index in [1.165, 1.54) is 0 Å². The standard InChI is InChI=1S/C13H14N4O2/c1-8-7-11(16-14-8)13(19)17-15-9(2)10-5-3-4-6-12(10)18/h3-7,18H,1-2H3,(H,14,16)(H,17,19). The second kappa shape index (κ2) is 5.34. The van der Waals surface area contributed by atoms with Crippen molar-refractivity contribution in [2.24, 2.45) is 5.10 Å². The topological polar surface area (TPSA) is 90.4 Å². The van der Waals surface area contributed by atoms with Crippen molar-refractivity contribution in [3.63, 3.8) is 0 Å². The van der Waals surface area contributed by atoms with Crippen molar-refractivity contribution < 1.29 is 9.90 Å². The molecule has 0 saturated heterocycles. The van der Waals surface area contributed by atoms with Crippen molar-refractivity contribution in [2.75, 3.05) is 0 Å². The monoisotopic (exact) mass is 258 g/mol. The van der Waals surface area contributed by atoms with E-state index in [1.807, 2.05) is 0 Å². The van der Waals surface area contributed by atoms with Crippen LogP contribution in [-0.4, -0.2) is 26.9 Å². The molecule has 3 N–H and O–H groups in total. The smallest absolute Gasteiger partial charge is 0.289 e. The Kier molecular flexibility index (Phi) is 3.61. The van der Waals surface area contributed by atoms with Gasteiger partial charge in [0.2, 0.25) is 0 Å². The Morgan fingerprint density at radius 2 is 2.16 bits per heavy atom. The first-order valence-corrected chi connectivity index (χ1v) is 5.73. The van der Waals surface area contributed by atoms with Crippen molar-refractivity contribution in [1.82, 2.24) is 15.6 Å². The second-order valence-electron chi connectivity index (χ2n) is 4.08. The molecule has 6 nitrogen and oxygen atoms in total. The molecule has 1 heterocycles. The van der Waals surface area contributed by atoms with Gasteiger partial charge in [0, 0.05) is 5.56 Å². The van der Waals surface area contributed by atoms with Crippen LogP contribution in [0.15, 0.2) is 35.4 Å². The molecule has 0 fully saturated rings. The first-order valence-electron chi connectivity index (χ1n) is 5.73.